The van der Waals surface area contributed by atoms with E-state index in [1.807, 2.05) is 7.05 Å². The topological polar surface area (TPSA) is 138 Å². The van der Waals surface area contributed by atoms with Crippen molar-refractivity contribution < 1.29 is 18.3 Å². The first kappa shape index (κ1) is 26.2. The molecule has 1 unspecified atom stereocenters. The Balaban J connectivity index is 1.21. The van der Waals surface area contributed by atoms with Crippen LogP contribution < -0.4 is 10.2 Å². The molecule has 2 fully saturated rings. The zero-order chi connectivity index (χ0) is 28.0. The maximum atomic E-state index is 13.3. The molecule has 4 aromatic rings. The van der Waals surface area contributed by atoms with Crippen LogP contribution in [0.15, 0.2) is 53.7 Å². The lowest BCUT2D eigenvalue weighted by atomic mass is 10.0. The highest BCUT2D eigenvalue weighted by atomic mass is 32.2. The third kappa shape index (κ3) is 4.45. The van der Waals surface area contributed by atoms with Gasteiger partial charge in [0.1, 0.15) is 6.61 Å². The lowest BCUT2D eigenvalue weighted by Crippen LogP contribution is -2.36. The summed E-state index contributed by atoms with van der Waals surface area (Å²) in [6.45, 7) is 8.70. The van der Waals surface area contributed by atoms with E-state index in [9.17, 15) is 13.2 Å². The highest BCUT2D eigenvalue weighted by molar-refractivity contribution is 7.90. The second-order valence-corrected chi connectivity index (χ2v) is 12.6. The van der Waals surface area contributed by atoms with Gasteiger partial charge in [-0.3, -0.25) is 5.32 Å². The van der Waals surface area contributed by atoms with Crippen LogP contribution >= 0.6 is 11.5 Å². The van der Waals surface area contributed by atoms with Crippen LogP contribution in [0.3, 0.4) is 0 Å². The maximum absolute atomic E-state index is 13.3. The lowest BCUT2D eigenvalue weighted by molar-refractivity contribution is 0.218. The van der Waals surface area contributed by atoms with Gasteiger partial charge in [-0.05, 0) is 42.9 Å². The highest BCUT2D eigenvalue weighted by Crippen LogP contribution is 2.44. The third-order valence-corrected chi connectivity index (χ3v) is 10.1. The average Bonchev–Trinajstić information content (AvgIpc) is 3.75. The van der Waals surface area contributed by atoms with Crippen LogP contribution in [0.25, 0.3) is 15.9 Å². The second kappa shape index (κ2) is 10.2. The molecule has 3 aromatic heterocycles. The van der Waals surface area contributed by atoms with E-state index in [1.165, 1.54) is 16.4 Å². The molecule has 12 nitrogen and oxygen atoms in total. The number of aliphatic hydroxyl groups excluding tert-OH is 1. The summed E-state index contributed by atoms with van der Waals surface area (Å²) in [4.78, 5) is 29.0. The van der Waals surface area contributed by atoms with Crippen molar-refractivity contribution in [3.8, 4) is 0 Å². The van der Waals surface area contributed by atoms with Crippen molar-refractivity contribution in [1.29, 1.82) is 0 Å². The molecular formula is C26H26N8O4S2. The molecule has 1 aliphatic carbocycles. The van der Waals surface area contributed by atoms with E-state index in [0.29, 0.717) is 46.8 Å². The van der Waals surface area contributed by atoms with Gasteiger partial charge in [0.05, 0.1) is 17.2 Å². The standard InChI is InChI=1S/C26H26N8O4S2/c1-27-21-12-28-24-20(8-9-34(24)40(37,38)19-6-4-3-5-7-19)23(21)32(2)18-10-16-13-33(14-17(16)11-18)26(36)30-25-29-22(15-35)31-39-25/h3-9,12,16-18,35H,10-11,13-15H2,2H3,(H,29,30,31,36)/t16-,17+,18?. The fraction of sp³-hybridized carbons (Fsp3) is 0.346. The van der Waals surface area contributed by atoms with Gasteiger partial charge in [-0.2, -0.15) is 4.37 Å². The zero-order valence-corrected chi connectivity index (χ0v) is 23.1. The number of carbonyl (C=O) groups excluding carboxylic acids is 1. The van der Waals surface area contributed by atoms with Gasteiger partial charge in [0, 0.05) is 55.5 Å². The van der Waals surface area contributed by atoms with Gasteiger partial charge in [0.15, 0.2) is 11.5 Å². The van der Waals surface area contributed by atoms with E-state index >= 15 is 0 Å². The van der Waals surface area contributed by atoms with E-state index < -0.39 is 10.0 Å². The minimum atomic E-state index is -3.86. The van der Waals surface area contributed by atoms with Gasteiger partial charge in [0.2, 0.25) is 10.8 Å². The van der Waals surface area contributed by atoms with Crippen molar-refractivity contribution in [3.05, 3.63) is 66.0 Å². The Morgan fingerprint density at radius 3 is 2.60 bits per heavy atom. The molecule has 14 heteroatoms. The summed E-state index contributed by atoms with van der Waals surface area (Å²) in [5.74, 6) is 0.885. The molecule has 1 aromatic carbocycles. The van der Waals surface area contributed by atoms with Gasteiger partial charge in [0.25, 0.3) is 10.0 Å². The largest absolute Gasteiger partial charge is 0.388 e. The number of hydrogen-bond acceptors (Lipinski definition) is 9. The molecular weight excluding hydrogens is 552 g/mol. The Hall–Kier alpha value is -4.06. The second-order valence-electron chi connectivity index (χ2n) is 10.0. The first-order chi connectivity index (χ1) is 19.3. The quantitative estimate of drug-likeness (QED) is 0.332. The lowest BCUT2D eigenvalue weighted by Gasteiger charge is -2.30. The Bertz CT molecular complexity index is 1720. The molecule has 4 heterocycles. The number of benzene rings is 1. The Morgan fingerprint density at radius 2 is 1.95 bits per heavy atom. The van der Waals surface area contributed by atoms with Crippen molar-refractivity contribution in [2.75, 3.05) is 30.4 Å². The Morgan fingerprint density at radius 1 is 1.23 bits per heavy atom. The van der Waals surface area contributed by atoms with Crippen molar-refractivity contribution in [2.24, 2.45) is 11.8 Å². The Labute approximate surface area is 234 Å². The summed E-state index contributed by atoms with van der Waals surface area (Å²) in [6, 6.07) is 9.80. The number of rotatable bonds is 6. The SMILES string of the molecule is [C-]#[N+]c1cnc2c(ccn2S(=O)(=O)c2ccccc2)c1N(C)C1C[C@@H]2CN(C(=O)Nc3nc(CO)ns3)C[C@@H]2C1. The van der Waals surface area contributed by atoms with Crippen LogP contribution in [-0.4, -0.2) is 68.9 Å². The molecule has 40 heavy (non-hydrogen) atoms. The number of likely N-dealkylation sites (tertiary alicyclic amines) is 1. The summed E-state index contributed by atoms with van der Waals surface area (Å²) in [6.07, 6.45) is 4.60. The van der Waals surface area contributed by atoms with E-state index in [0.717, 1.165) is 24.4 Å². The minimum absolute atomic E-state index is 0.121. The number of nitrogens with one attached hydrogen (secondary N) is 1. The summed E-state index contributed by atoms with van der Waals surface area (Å²) in [5.41, 5.74) is 1.31. The van der Waals surface area contributed by atoms with E-state index in [-0.39, 0.29) is 35.0 Å². The van der Waals surface area contributed by atoms with Crippen LogP contribution in [0.4, 0.5) is 21.3 Å². The molecule has 0 radical (unpaired) electrons. The predicted octanol–water partition coefficient (Wildman–Crippen LogP) is 3.55. The molecule has 2 N–H and O–H groups in total. The molecule has 1 saturated heterocycles. The smallest absolute Gasteiger partial charge is 0.323 e. The van der Waals surface area contributed by atoms with Crippen LogP contribution in [0.5, 0.6) is 0 Å². The number of amides is 2. The fourth-order valence-electron chi connectivity index (χ4n) is 5.86. The monoisotopic (exact) mass is 578 g/mol. The van der Waals surface area contributed by atoms with E-state index in [2.05, 4.69) is 29.4 Å². The van der Waals surface area contributed by atoms with Gasteiger partial charge >= 0.3 is 6.03 Å². The third-order valence-electron chi connectivity index (χ3n) is 7.79. The average molecular weight is 579 g/mol. The maximum Gasteiger partial charge on any atom is 0.323 e. The zero-order valence-electron chi connectivity index (χ0n) is 21.5. The molecule has 206 valence electrons. The normalized spacial score (nSPS) is 20.4. The molecule has 6 rings (SSSR count). The van der Waals surface area contributed by atoms with Crippen LogP contribution in [-0.2, 0) is 16.6 Å². The highest BCUT2D eigenvalue weighted by Gasteiger charge is 2.44. The van der Waals surface area contributed by atoms with Crippen molar-refractivity contribution in [2.45, 2.75) is 30.4 Å². The molecule has 3 atom stereocenters. The van der Waals surface area contributed by atoms with Crippen LogP contribution in [0.1, 0.15) is 18.7 Å². The van der Waals surface area contributed by atoms with Gasteiger partial charge < -0.3 is 14.9 Å². The van der Waals surface area contributed by atoms with Gasteiger partial charge in [-0.25, -0.2) is 32.0 Å². The Kier molecular flexibility index (Phi) is 6.65. The molecule has 1 saturated carbocycles. The van der Waals surface area contributed by atoms with Crippen LogP contribution in [0, 0.1) is 18.4 Å². The fourth-order valence-corrected chi connectivity index (χ4v) is 7.76. The van der Waals surface area contributed by atoms with Crippen molar-refractivity contribution in [3.63, 3.8) is 0 Å². The molecule has 0 spiro atoms. The molecule has 0 bridgehead atoms. The summed E-state index contributed by atoms with van der Waals surface area (Å²) in [5, 5.41) is 12.9. The number of urea groups is 1. The van der Waals surface area contributed by atoms with Crippen molar-refractivity contribution >= 4 is 55.1 Å². The van der Waals surface area contributed by atoms with E-state index in [4.69, 9.17) is 11.7 Å². The van der Waals surface area contributed by atoms with Crippen molar-refractivity contribution in [1.82, 2.24) is 23.2 Å². The number of pyridine rings is 1. The molecule has 1 aliphatic heterocycles. The summed E-state index contributed by atoms with van der Waals surface area (Å²) in [7, 11) is -1.92. The van der Waals surface area contributed by atoms with Crippen LogP contribution in [0.2, 0.25) is 0 Å². The van der Waals surface area contributed by atoms with Gasteiger partial charge in [-0.1, -0.05) is 18.2 Å². The number of carbonyl (C=O) groups is 1. The first-order valence-corrected chi connectivity index (χ1v) is 14.9. The summed E-state index contributed by atoms with van der Waals surface area (Å²) < 4.78 is 31.8. The number of hydrogen-bond donors (Lipinski definition) is 2. The number of aromatic nitrogens is 4. The number of nitrogens with zero attached hydrogens (tertiary/aromatic N) is 7. The van der Waals surface area contributed by atoms with E-state index in [1.54, 1.807) is 41.3 Å². The number of anilines is 2. The van der Waals surface area contributed by atoms with Gasteiger partial charge in [-0.15, -0.1) is 0 Å². The molecule has 2 amide bonds. The number of aliphatic hydroxyl groups is 1. The predicted molar refractivity (Wildman–Crippen MR) is 150 cm³/mol. The first-order valence-electron chi connectivity index (χ1n) is 12.7. The summed E-state index contributed by atoms with van der Waals surface area (Å²) >= 11 is 1.04. The number of fused-ring (bicyclic) bond motifs is 2. The minimum Gasteiger partial charge on any atom is -0.388 e. The molecule has 2 aliphatic rings.